The molecule has 2 rings (SSSR count). The molecule has 0 bridgehead atoms. The molecule has 1 unspecified atom stereocenters. The number of carbonyl (C=O) groups is 1. The van der Waals surface area contributed by atoms with Gasteiger partial charge in [-0.3, -0.25) is 4.79 Å². The molecular formula is C14H13ClO2S. The van der Waals surface area contributed by atoms with E-state index in [1.54, 1.807) is 11.3 Å². The standard InChI is InChI=1S/C14H13ClO2S/c1-9(8-14(16)17)12-6-7-13(18-12)10-4-2-3-5-11(10)15/h2-7,9H,8H2,1H3,(H,16,17). The van der Waals surface area contributed by atoms with E-state index in [2.05, 4.69) is 0 Å². The van der Waals surface area contributed by atoms with Crippen LogP contribution in [0.5, 0.6) is 0 Å². The second kappa shape index (κ2) is 5.55. The number of benzene rings is 1. The third-order valence-electron chi connectivity index (χ3n) is 2.73. The minimum Gasteiger partial charge on any atom is -0.481 e. The maximum absolute atomic E-state index is 10.7. The van der Waals surface area contributed by atoms with Crippen molar-refractivity contribution in [2.45, 2.75) is 19.3 Å². The third kappa shape index (κ3) is 2.92. The Morgan fingerprint density at radius 1 is 1.33 bits per heavy atom. The number of rotatable bonds is 4. The topological polar surface area (TPSA) is 37.3 Å². The van der Waals surface area contributed by atoms with Gasteiger partial charge in [-0.2, -0.15) is 0 Å². The molecule has 0 amide bonds. The van der Waals surface area contributed by atoms with Gasteiger partial charge in [0.15, 0.2) is 0 Å². The Morgan fingerprint density at radius 2 is 2.06 bits per heavy atom. The lowest BCUT2D eigenvalue weighted by Crippen LogP contribution is -2.00. The van der Waals surface area contributed by atoms with Crippen LogP contribution in [-0.4, -0.2) is 11.1 Å². The zero-order valence-corrected chi connectivity index (χ0v) is 11.5. The molecule has 1 atom stereocenters. The molecule has 0 aliphatic rings. The van der Waals surface area contributed by atoms with Gasteiger partial charge in [-0.05, 0) is 18.2 Å². The van der Waals surface area contributed by atoms with Gasteiger partial charge >= 0.3 is 5.97 Å². The number of carboxylic acids is 1. The quantitative estimate of drug-likeness (QED) is 0.885. The highest BCUT2D eigenvalue weighted by atomic mass is 35.5. The highest BCUT2D eigenvalue weighted by Gasteiger charge is 2.13. The van der Waals surface area contributed by atoms with Crippen LogP contribution in [0, 0.1) is 0 Å². The fourth-order valence-electron chi connectivity index (χ4n) is 1.79. The van der Waals surface area contributed by atoms with Crippen LogP contribution in [0.15, 0.2) is 36.4 Å². The number of carboxylic acid groups (broad SMARTS) is 1. The number of thiophene rings is 1. The van der Waals surface area contributed by atoms with Gasteiger partial charge in [0.25, 0.3) is 0 Å². The van der Waals surface area contributed by atoms with Crippen molar-refractivity contribution in [3.8, 4) is 10.4 Å². The number of halogens is 1. The van der Waals surface area contributed by atoms with Crippen LogP contribution < -0.4 is 0 Å². The summed E-state index contributed by atoms with van der Waals surface area (Å²) < 4.78 is 0. The normalized spacial score (nSPS) is 12.3. The first-order valence-corrected chi connectivity index (χ1v) is 6.84. The Morgan fingerprint density at radius 3 is 2.72 bits per heavy atom. The molecule has 1 aromatic carbocycles. The first-order chi connectivity index (χ1) is 8.58. The molecule has 1 N–H and O–H groups in total. The van der Waals surface area contributed by atoms with Gasteiger partial charge in [0.1, 0.15) is 0 Å². The Balaban J connectivity index is 2.26. The SMILES string of the molecule is CC(CC(=O)O)c1ccc(-c2ccccc2Cl)s1. The summed E-state index contributed by atoms with van der Waals surface area (Å²) in [5, 5.41) is 9.52. The van der Waals surface area contributed by atoms with E-state index in [1.165, 1.54) is 0 Å². The number of hydrogen-bond acceptors (Lipinski definition) is 2. The summed E-state index contributed by atoms with van der Waals surface area (Å²) in [6.07, 6.45) is 0.155. The van der Waals surface area contributed by atoms with Crippen LogP contribution in [0.3, 0.4) is 0 Å². The maximum Gasteiger partial charge on any atom is 0.303 e. The average molecular weight is 281 g/mol. The van der Waals surface area contributed by atoms with E-state index < -0.39 is 5.97 Å². The molecule has 0 aliphatic carbocycles. The average Bonchev–Trinajstić information content (AvgIpc) is 2.78. The number of aliphatic carboxylic acids is 1. The zero-order valence-electron chi connectivity index (χ0n) is 9.89. The summed E-state index contributed by atoms with van der Waals surface area (Å²) in [6.45, 7) is 1.93. The van der Waals surface area contributed by atoms with Gasteiger partial charge in [0.05, 0.1) is 6.42 Å². The minimum atomic E-state index is -0.768. The van der Waals surface area contributed by atoms with E-state index in [1.807, 2.05) is 43.3 Å². The molecule has 0 radical (unpaired) electrons. The molecule has 0 aliphatic heterocycles. The van der Waals surface area contributed by atoms with Crippen molar-refractivity contribution < 1.29 is 9.90 Å². The summed E-state index contributed by atoms with van der Waals surface area (Å²) in [5.41, 5.74) is 0.998. The van der Waals surface area contributed by atoms with Crippen molar-refractivity contribution in [2.24, 2.45) is 0 Å². The predicted octanol–water partition coefficient (Wildman–Crippen LogP) is 4.65. The van der Waals surface area contributed by atoms with Crippen molar-refractivity contribution in [2.75, 3.05) is 0 Å². The van der Waals surface area contributed by atoms with Gasteiger partial charge in [-0.25, -0.2) is 0 Å². The van der Waals surface area contributed by atoms with E-state index in [0.29, 0.717) is 0 Å². The summed E-state index contributed by atoms with van der Waals surface area (Å²) >= 11 is 7.75. The van der Waals surface area contributed by atoms with E-state index in [0.717, 1.165) is 20.3 Å². The Kier molecular flexibility index (Phi) is 4.04. The number of hydrogen-bond donors (Lipinski definition) is 1. The van der Waals surface area contributed by atoms with Crippen molar-refractivity contribution in [3.63, 3.8) is 0 Å². The predicted molar refractivity (Wildman–Crippen MR) is 75.4 cm³/mol. The lowest BCUT2D eigenvalue weighted by molar-refractivity contribution is -0.137. The first kappa shape index (κ1) is 13.1. The van der Waals surface area contributed by atoms with Gasteiger partial charge in [0, 0.05) is 26.3 Å². The van der Waals surface area contributed by atoms with Crippen LogP contribution in [0.25, 0.3) is 10.4 Å². The molecule has 2 nitrogen and oxygen atoms in total. The van der Waals surface area contributed by atoms with Gasteiger partial charge in [-0.15, -0.1) is 11.3 Å². The summed E-state index contributed by atoms with van der Waals surface area (Å²) in [4.78, 5) is 12.9. The van der Waals surface area contributed by atoms with Crippen LogP contribution in [0.4, 0.5) is 0 Å². The van der Waals surface area contributed by atoms with Crippen LogP contribution in [-0.2, 0) is 4.79 Å². The van der Waals surface area contributed by atoms with Crippen molar-refractivity contribution >= 4 is 28.9 Å². The molecule has 0 fully saturated rings. The smallest absolute Gasteiger partial charge is 0.303 e. The van der Waals surface area contributed by atoms with E-state index >= 15 is 0 Å². The zero-order chi connectivity index (χ0) is 13.1. The summed E-state index contributed by atoms with van der Waals surface area (Å²) in [7, 11) is 0. The molecular weight excluding hydrogens is 268 g/mol. The molecule has 4 heteroatoms. The van der Waals surface area contributed by atoms with Crippen molar-refractivity contribution in [3.05, 3.63) is 46.3 Å². The first-order valence-electron chi connectivity index (χ1n) is 5.64. The molecule has 0 spiro atoms. The Labute approximate surface area is 115 Å². The summed E-state index contributed by atoms with van der Waals surface area (Å²) in [6, 6.07) is 11.7. The molecule has 94 valence electrons. The van der Waals surface area contributed by atoms with E-state index in [4.69, 9.17) is 16.7 Å². The van der Waals surface area contributed by atoms with Crippen LogP contribution in [0.2, 0.25) is 5.02 Å². The lowest BCUT2D eigenvalue weighted by atomic mass is 10.1. The molecule has 1 heterocycles. The van der Waals surface area contributed by atoms with Gasteiger partial charge in [0.2, 0.25) is 0 Å². The second-order valence-electron chi connectivity index (χ2n) is 4.18. The van der Waals surface area contributed by atoms with Gasteiger partial charge < -0.3 is 5.11 Å². The maximum atomic E-state index is 10.7. The minimum absolute atomic E-state index is 0.0312. The Bertz CT molecular complexity index is 562. The third-order valence-corrected chi connectivity index (χ3v) is 4.41. The molecule has 18 heavy (non-hydrogen) atoms. The lowest BCUT2D eigenvalue weighted by Gasteiger charge is -2.05. The van der Waals surface area contributed by atoms with Crippen LogP contribution >= 0.6 is 22.9 Å². The second-order valence-corrected chi connectivity index (χ2v) is 5.70. The van der Waals surface area contributed by atoms with Crippen molar-refractivity contribution in [1.29, 1.82) is 0 Å². The highest BCUT2D eigenvalue weighted by Crippen LogP contribution is 2.36. The summed E-state index contributed by atoms with van der Waals surface area (Å²) in [5.74, 6) is -0.737. The molecule has 0 saturated heterocycles. The fourth-order valence-corrected chi connectivity index (χ4v) is 3.18. The fraction of sp³-hybridized carbons (Fsp3) is 0.214. The highest BCUT2D eigenvalue weighted by molar-refractivity contribution is 7.15. The molecule has 1 aromatic heterocycles. The largest absolute Gasteiger partial charge is 0.481 e. The van der Waals surface area contributed by atoms with Crippen LogP contribution in [0.1, 0.15) is 24.1 Å². The monoisotopic (exact) mass is 280 g/mol. The Hall–Kier alpha value is -1.32. The molecule has 0 saturated carbocycles. The van der Waals surface area contributed by atoms with Crippen molar-refractivity contribution in [1.82, 2.24) is 0 Å². The molecule has 2 aromatic rings. The van der Waals surface area contributed by atoms with Gasteiger partial charge in [-0.1, -0.05) is 36.7 Å². The van der Waals surface area contributed by atoms with E-state index in [-0.39, 0.29) is 12.3 Å². The van der Waals surface area contributed by atoms with E-state index in [9.17, 15) is 4.79 Å².